The molecule has 1 aromatic carbocycles. The van der Waals surface area contributed by atoms with Gasteiger partial charge in [0.25, 0.3) is 5.91 Å². The van der Waals surface area contributed by atoms with E-state index >= 15 is 0 Å². The standard InChI is InChI=1S/C19H24N2O4S2/c1-15-7-8-18(26-15)19(22)20-16-9-11-21(12-10-16)13-14-27(23,24)25-17-5-3-2-4-6-17/h2-8,16H,9-14H2,1H3,(H,20,22). The zero-order valence-electron chi connectivity index (χ0n) is 15.3. The van der Waals surface area contributed by atoms with Crippen LogP contribution < -0.4 is 9.50 Å². The summed E-state index contributed by atoms with van der Waals surface area (Å²) in [6.07, 6.45) is 1.63. The van der Waals surface area contributed by atoms with Gasteiger partial charge in [-0.2, -0.15) is 8.42 Å². The van der Waals surface area contributed by atoms with E-state index in [1.54, 1.807) is 24.3 Å². The van der Waals surface area contributed by atoms with Gasteiger partial charge in [0.05, 0.1) is 10.6 Å². The van der Waals surface area contributed by atoms with Gasteiger partial charge >= 0.3 is 10.1 Å². The third kappa shape index (κ3) is 6.05. The Balaban J connectivity index is 1.41. The molecule has 8 heteroatoms. The summed E-state index contributed by atoms with van der Waals surface area (Å²) in [6, 6.07) is 12.5. The average molecular weight is 409 g/mol. The second-order valence-corrected chi connectivity index (χ2v) is 9.64. The van der Waals surface area contributed by atoms with Crippen molar-refractivity contribution in [2.45, 2.75) is 25.8 Å². The van der Waals surface area contributed by atoms with Crippen LogP contribution in [-0.2, 0) is 10.1 Å². The molecule has 0 bridgehead atoms. The predicted octanol–water partition coefficient (Wildman–Crippen LogP) is 2.66. The van der Waals surface area contributed by atoms with Crippen LogP contribution in [-0.4, -0.2) is 50.7 Å². The predicted molar refractivity (Wildman–Crippen MR) is 107 cm³/mol. The van der Waals surface area contributed by atoms with Crippen molar-refractivity contribution in [2.75, 3.05) is 25.4 Å². The Morgan fingerprint density at radius 2 is 1.89 bits per heavy atom. The Morgan fingerprint density at radius 1 is 1.19 bits per heavy atom. The van der Waals surface area contributed by atoms with Gasteiger partial charge in [-0.15, -0.1) is 11.3 Å². The molecule has 0 aliphatic carbocycles. The number of rotatable bonds is 7. The quantitative estimate of drug-likeness (QED) is 0.713. The number of likely N-dealkylation sites (tertiary alicyclic amines) is 1. The Hall–Kier alpha value is -1.90. The highest BCUT2D eigenvalue weighted by Gasteiger charge is 2.23. The van der Waals surface area contributed by atoms with Crippen molar-refractivity contribution in [1.29, 1.82) is 0 Å². The molecule has 2 aromatic rings. The lowest BCUT2D eigenvalue weighted by Gasteiger charge is -2.32. The number of hydrogen-bond donors (Lipinski definition) is 1. The molecule has 1 saturated heterocycles. The van der Waals surface area contributed by atoms with E-state index in [1.807, 2.05) is 25.1 Å². The van der Waals surface area contributed by atoms with E-state index in [0.717, 1.165) is 35.7 Å². The van der Waals surface area contributed by atoms with Crippen LogP contribution in [0.25, 0.3) is 0 Å². The Morgan fingerprint density at radius 3 is 2.52 bits per heavy atom. The summed E-state index contributed by atoms with van der Waals surface area (Å²) >= 11 is 1.49. The van der Waals surface area contributed by atoms with E-state index in [1.165, 1.54) is 11.3 Å². The van der Waals surface area contributed by atoms with Crippen LogP contribution in [0.5, 0.6) is 5.75 Å². The third-order valence-corrected chi connectivity index (χ3v) is 6.64. The monoisotopic (exact) mass is 408 g/mol. The fraction of sp³-hybridized carbons (Fsp3) is 0.421. The van der Waals surface area contributed by atoms with Crippen molar-refractivity contribution < 1.29 is 17.4 Å². The maximum atomic E-state index is 12.2. The largest absolute Gasteiger partial charge is 0.382 e. The topological polar surface area (TPSA) is 75.7 Å². The number of para-hydroxylation sites is 1. The van der Waals surface area contributed by atoms with Crippen molar-refractivity contribution in [2.24, 2.45) is 0 Å². The number of carbonyl (C=O) groups is 1. The highest BCUT2D eigenvalue weighted by Crippen LogP contribution is 2.17. The van der Waals surface area contributed by atoms with Crippen molar-refractivity contribution in [3.05, 3.63) is 52.2 Å². The number of nitrogens with one attached hydrogen (secondary N) is 1. The van der Waals surface area contributed by atoms with Crippen LogP contribution in [0.1, 0.15) is 27.4 Å². The van der Waals surface area contributed by atoms with Gasteiger partial charge in [-0.1, -0.05) is 18.2 Å². The van der Waals surface area contributed by atoms with E-state index in [-0.39, 0.29) is 17.7 Å². The number of piperidine rings is 1. The minimum atomic E-state index is -3.61. The molecule has 146 valence electrons. The molecule has 1 fully saturated rings. The summed E-state index contributed by atoms with van der Waals surface area (Å²) < 4.78 is 29.3. The minimum Gasteiger partial charge on any atom is -0.382 e. The third-order valence-electron chi connectivity index (χ3n) is 4.51. The Labute approximate surface area is 164 Å². The maximum Gasteiger partial charge on any atom is 0.310 e. The Kier molecular flexibility index (Phi) is 6.51. The zero-order valence-corrected chi connectivity index (χ0v) is 16.9. The first-order valence-corrected chi connectivity index (χ1v) is 11.4. The lowest BCUT2D eigenvalue weighted by molar-refractivity contribution is 0.0917. The fourth-order valence-corrected chi connectivity index (χ4v) is 4.76. The number of amides is 1. The lowest BCUT2D eigenvalue weighted by atomic mass is 10.1. The second kappa shape index (κ2) is 8.86. The first kappa shape index (κ1) is 19.9. The van der Waals surface area contributed by atoms with Crippen molar-refractivity contribution in [3.63, 3.8) is 0 Å². The van der Waals surface area contributed by atoms with Crippen LogP contribution in [0.3, 0.4) is 0 Å². The fourth-order valence-electron chi connectivity index (χ4n) is 3.02. The molecular formula is C19H24N2O4S2. The first-order valence-electron chi connectivity index (χ1n) is 8.98. The summed E-state index contributed by atoms with van der Waals surface area (Å²) in [6.45, 7) is 3.93. The van der Waals surface area contributed by atoms with E-state index in [4.69, 9.17) is 4.18 Å². The van der Waals surface area contributed by atoms with Crippen molar-refractivity contribution in [1.82, 2.24) is 10.2 Å². The van der Waals surface area contributed by atoms with Gasteiger partial charge < -0.3 is 14.4 Å². The highest BCUT2D eigenvalue weighted by molar-refractivity contribution is 7.87. The van der Waals surface area contributed by atoms with Gasteiger partial charge in [0.15, 0.2) is 0 Å². The van der Waals surface area contributed by atoms with Crippen molar-refractivity contribution in [3.8, 4) is 5.75 Å². The van der Waals surface area contributed by atoms with Gasteiger partial charge in [-0.05, 0) is 44.0 Å². The van der Waals surface area contributed by atoms with Gasteiger partial charge in [-0.3, -0.25) is 4.79 Å². The van der Waals surface area contributed by atoms with Crippen LogP contribution >= 0.6 is 11.3 Å². The number of aryl methyl sites for hydroxylation is 1. The maximum absolute atomic E-state index is 12.2. The molecule has 2 heterocycles. The van der Waals surface area contributed by atoms with Crippen LogP contribution in [0.2, 0.25) is 0 Å². The second-order valence-electron chi connectivity index (χ2n) is 6.66. The summed E-state index contributed by atoms with van der Waals surface area (Å²) in [5.74, 6) is 0.265. The molecule has 0 radical (unpaired) electrons. The zero-order chi connectivity index (χ0) is 19.3. The molecule has 1 aromatic heterocycles. The molecule has 1 aliphatic heterocycles. The molecule has 3 rings (SSSR count). The Bertz CT molecular complexity index is 857. The summed E-state index contributed by atoms with van der Waals surface area (Å²) in [5, 5.41) is 3.08. The van der Waals surface area contributed by atoms with Gasteiger partial charge in [0.1, 0.15) is 5.75 Å². The molecule has 0 atom stereocenters. The molecule has 1 aliphatic rings. The minimum absolute atomic E-state index is 0.0228. The van der Waals surface area contributed by atoms with Gasteiger partial charge in [0.2, 0.25) is 0 Å². The molecule has 6 nitrogen and oxygen atoms in total. The van der Waals surface area contributed by atoms with Gasteiger partial charge in [0, 0.05) is 30.6 Å². The number of nitrogens with zero attached hydrogens (tertiary/aromatic N) is 1. The van der Waals surface area contributed by atoms with Crippen LogP contribution in [0.15, 0.2) is 42.5 Å². The van der Waals surface area contributed by atoms with Crippen molar-refractivity contribution >= 4 is 27.4 Å². The normalized spacial score (nSPS) is 16.2. The molecule has 0 saturated carbocycles. The molecular weight excluding hydrogens is 384 g/mol. The first-order chi connectivity index (χ1) is 12.9. The summed E-state index contributed by atoms with van der Waals surface area (Å²) in [5.41, 5.74) is 0. The summed E-state index contributed by atoms with van der Waals surface area (Å²) in [4.78, 5) is 16.2. The van der Waals surface area contributed by atoms with E-state index in [0.29, 0.717) is 12.3 Å². The molecule has 0 unspecified atom stereocenters. The lowest BCUT2D eigenvalue weighted by Crippen LogP contribution is -2.45. The van der Waals surface area contributed by atoms with E-state index in [2.05, 4.69) is 10.2 Å². The van der Waals surface area contributed by atoms with Gasteiger partial charge in [-0.25, -0.2) is 0 Å². The molecule has 0 spiro atoms. The van der Waals surface area contributed by atoms with Crippen LogP contribution in [0, 0.1) is 6.92 Å². The molecule has 1 N–H and O–H groups in total. The molecule has 1 amide bonds. The van der Waals surface area contributed by atoms with E-state index in [9.17, 15) is 13.2 Å². The van der Waals surface area contributed by atoms with Crippen LogP contribution in [0.4, 0.5) is 0 Å². The smallest absolute Gasteiger partial charge is 0.310 e. The summed E-state index contributed by atoms with van der Waals surface area (Å²) in [7, 11) is -3.61. The molecule has 27 heavy (non-hydrogen) atoms. The number of hydrogen-bond acceptors (Lipinski definition) is 6. The SMILES string of the molecule is Cc1ccc(C(=O)NC2CCN(CCS(=O)(=O)Oc3ccccc3)CC2)s1. The average Bonchev–Trinajstić information content (AvgIpc) is 3.08. The number of thiophene rings is 1. The highest BCUT2D eigenvalue weighted by atomic mass is 32.2. The number of benzene rings is 1. The van der Waals surface area contributed by atoms with E-state index < -0.39 is 10.1 Å². The number of carbonyl (C=O) groups excluding carboxylic acids is 1.